The molecule has 0 unspecified atom stereocenters. The molecule has 0 aromatic rings. The fourth-order valence-electron chi connectivity index (χ4n) is 0.461. The van der Waals surface area contributed by atoms with Gasteiger partial charge in [-0.15, -0.1) is 0 Å². The largest absolute Gasteiger partial charge is 0.265 e. The highest BCUT2D eigenvalue weighted by Gasteiger charge is 2.21. The Morgan fingerprint density at radius 3 is 2.11 bits per heavy atom. The van der Waals surface area contributed by atoms with E-state index in [0.29, 0.717) is 0 Å². The molecule has 0 saturated heterocycles. The van der Waals surface area contributed by atoms with Gasteiger partial charge in [0.25, 0.3) is 0 Å². The summed E-state index contributed by atoms with van der Waals surface area (Å²) >= 11 is 0. The Morgan fingerprint density at radius 2 is 2.00 bits per heavy atom. The lowest BCUT2D eigenvalue weighted by Gasteiger charge is -2.15. The lowest BCUT2D eigenvalue weighted by Crippen LogP contribution is -2.21. The highest BCUT2D eigenvalue weighted by Crippen LogP contribution is 2.18. The van der Waals surface area contributed by atoms with Crippen molar-refractivity contribution in [1.29, 1.82) is 0 Å². The maximum Gasteiger partial charge on any atom is 0.208 e. The summed E-state index contributed by atoms with van der Waals surface area (Å²) in [7, 11) is 0. The monoisotopic (exact) mass is 131 g/mol. The van der Waals surface area contributed by atoms with Gasteiger partial charge in [0.15, 0.2) is 0 Å². The normalized spacial score (nSPS) is 11.4. The Bertz CT molecular complexity index is 110. The van der Waals surface area contributed by atoms with Gasteiger partial charge in [-0.3, -0.25) is 10.1 Å². The smallest absolute Gasteiger partial charge is 0.208 e. The van der Waals surface area contributed by atoms with Crippen molar-refractivity contribution < 1.29 is 4.92 Å². The van der Waals surface area contributed by atoms with E-state index in [2.05, 4.69) is 0 Å². The Morgan fingerprint density at radius 1 is 1.56 bits per heavy atom. The van der Waals surface area contributed by atoms with Crippen molar-refractivity contribution in [2.45, 2.75) is 27.2 Å². The Labute approximate surface area is 55.2 Å². The van der Waals surface area contributed by atoms with Gasteiger partial charge in [-0.05, 0) is 6.42 Å². The molecule has 0 saturated carbocycles. The zero-order valence-electron chi connectivity index (χ0n) is 6.18. The van der Waals surface area contributed by atoms with Crippen LogP contribution < -0.4 is 0 Å². The zero-order chi connectivity index (χ0) is 7.49. The highest BCUT2D eigenvalue weighted by molar-refractivity contribution is 4.63. The van der Waals surface area contributed by atoms with Crippen LogP contribution in [-0.4, -0.2) is 11.5 Å². The van der Waals surface area contributed by atoms with Crippen molar-refractivity contribution in [2.24, 2.45) is 5.41 Å². The van der Waals surface area contributed by atoms with Crippen LogP contribution in [0.3, 0.4) is 0 Å². The number of hydrogen-bond donors (Lipinski definition) is 0. The Hall–Kier alpha value is -0.600. The summed E-state index contributed by atoms with van der Waals surface area (Å²) in [5, 5.41) is 9.98. The second-order valence-electron chi connectivity index (χ2n) is 3.01. The fourth-order valence-corrected chi connectivity index (χ4v) is 0.461. The molecule has 0 spiro atoms. The van der Waals surface area contributed by atoms with E-state index in [0.717, 1.165) is 6.42 Å². The summed E-state index contributed by atoms with van der Waals surface area (Å²) in [6, 6.07) is 0. The van der Waals surface area contributed by atoms with Gasteiger partial charge in [0, 0.05) is 10.3 Å². The van der Waals surface area contributed by atoms with E-state index in [1.54, 1.807) is 0 Å². The second-order valence-corrected chi connectivity index (χ2v) is 3.01. The first-order valence-corrected chi connectivity index (χ1v) is 3.10. The van der Waals surface area contributed by atoms with Gasteiger partial charge in [-0.2, -0.15) is 0 Å². The standard InChI is InChI=1S/C6H13NO2/c1-4-6(2,3)5-7(8)9/h4-5H2,1-3H3. The first kappa shape index (κ1) is 8.40. The summed E-state index contributed by atoms with van der Waals surface area (Å²) in [6.07, 6.45) is 0.855. The fraction of sp³-hybridized carbons (Fsp3) is 1.00. The molecule has 0 aliphatic carbocycles. The van der Waals surface area contributed by atoms with Gasteiger partial charge in [0.1, 0.15) is 0 Å². The van der Waals surface area contributed by atoms with Gasteiger partial charge in [0.2, 0.25) is 6.54 Å². The molecule has 0 heterocycles. The van der Waals surface area contributed by atoms with Crippen LogP contribution in [0, 0.1) is 15.5 Å². The lowest BCUT2D eigenvalue weighted by molar-refractivity contribution is -0.495. The molecule has 9 heavy (non-hydrogen) atoms. The quantitative estimate of drug-likeness (QED) is 0.432. The SMILES string of the molecule is CCC(C)(C)C[N+](=O)[O-]. The van der Waals surface area contributed by atoms with Gasteiger partial charge < -0.3 is 0 Å². The van der Waals surface area contributed by atoms with Gasteiger partial charge in [0.05, 0.1) is 0 Å². The molecular formula is C6H13NO2. The van der Waals surface area contributed by atoms with Crippen molar-refractivity contribution in [2.75, 3.05) is 6.54 Å². The van der Waals surface area contributed by atoms with Crippen molar-refractivity contribution >= 4 is 0 Å². The van der Waals surface area contributed by atoms with Crippen LogP contribution in [0.5, 0.6) is 0 Å². The molecule has 0 aromatic heterocycles. The van der Waals surface area contributed by atoms with Crippen LogP contribution in [0.15, 0.2) is 0 Å². The predicted molar refractivity (Wildman–Crippen MR) is 35.9 cm³/mol. The van der Waals surface area contributed by atoms with E-state index in [-0.39, 0.29) is 16.9 Å². The first-order chi connectivity index (χ1) is 3.98. The maximum absolute atomic E-state index is 9.98. The average molecular weight is 131 g/mol. The van der Waals surface area contributed by atoms with Crippen molar-refractivity contribution in [1.82, 2.24) is 0 Å². The molecule has 0 N–H and O–H groups in total. The zero-order valence-corrected chi connectivity index (χ0v) is 6.18. The van der Waals surface area contributed by atoms with Gasteiger partial charge in [-0.1, -0.05) is 20.8 Å². The van der Waals surface area contributed by atoms with Crippen molar-refractivity contribution in [3.63, 3.8) is 0 Å². The second kappa shape index (κ2) is 2.80. The van der Waals surface area contributed by atoms with Crippen LogP contribution in [-0.2, 0) is 0 Å². The average Bonchev–Trinajstić information content (AvgIpc) is 1.63. The van der Waals surface area contributed by atoms with Gasteiger partial charge >= 0.3 is 0 Å². The number of nitrogens with zero attached hydrogens (tertiary/aromatic N) is 1. The molecule has 54 valence electrons. The summed E-state index contributed by atoms with van der Waals surface area (Å²) < 4.78 is 0. The van der Waals surface area contributed by atoms with E-state index >= 15 is 0 Å². The summed E-state index contributed by atoms with van der Waals surface area (Å²) in [5.74, 6) is 0. The minimum absolute atomic E-state index is 0.0729. The van der Waals surface area contributed by atoms with Crippen LogP contribution >= 0.6 is 0 Å². The first-order valence-electron chi connectivity index (χ1n) is 3.10. The van der Waals surface area contributed by atoms with E-state index in [4.69, 9.17) is 0 Å². The third kappa shape index (κ3) is 3.94. The van der Waals surface area contributed by atoms with Crippen LogP contribution in [0.25, 0.3) is 0 Å². The minimum Gasteiger partial charge on any atom is -0.265 e. The molecule has 3 nitrogen and oxygen atoms in total. The molecule has 0 aromatic carbocycles. The molecule has 0 atom stereocenters. The number of hydrogen-bond acceptors (Lipinski definition) is 2. The molecule has 0 aliphatic rings. The summed E-state index contributed by atoms with van der Waals surface area (Å²) in [6.45, 7) is 5.83. The molecule has 0 fully saturated rings. The Balaban J connectivity index is 3.71. The van der Waals surface area contributed by atoms with Crippen LogP contribution in [0.4, 0.5) is 0 Å². The van der Waals surface area contributed by atoms with E-state index in [9.17, 15) is 10.1 Å². The topological polar surface area (TPSA) is 43.1 Å². The van der Waals surface area contributed by atoms with Gasteiger partial charge in [-0.25, -0.2) is 0 Å². The number of nitro groups is 1. The van der Waals surface area contributed by atoms with Crippen molar-refractivity contribution in [3.05, 3.63) is 10.1 Å². The van der Waals surface area contributed by atoms with E-state index < -0.39 is 0 Å². The third-order valence-electron chi connectivity index (χ3n) is 1.51. The molecule has 0 amide bonds. The van der Waals surface area contributed by atoms with E-state index in [1.165, 1.54) is 0 Å². The minimum atomic E-state index is -0.260. The highest BCUT2D eigenvalue weighted by atomic mass is 16.6. The van der Waals surface area contributed by atoms with Crippen LogP contribution in [0.1, 0.15) is 27.2 Å². The molecule has 0 bridgehead atoms. The Kier molecular flexibility index (Phi) is 2.62. The maximum atomic E-state index is 9.98. The molecule has 0 rings (SSSR count). The molecular weight excluding hydrogens is 118 g/mol. The van der Waals surface area contributed by atoms with Crippen LogP contribution in [0.2, 0.25) is 0 Å². The summed E-state index contributed by atoms with van der Waals surface area (Å²) in [4.78, 5) is 9.72. The molecule has 0 radical (unpaired) electrons. The van der Waals surface area contributed by atoms with Crippen molar-refractivity contribution in [3.8, 4) is 0 Å². The molecule has 3 heteroatoms. The lowest BCUT2D eigenvalue weighted by atomic mass is 9.91. The van der Waals surface area contributed by atoms with E-state index in [1.807, 2.05) is 20.8 Å². The molecule has 0 aliphatic heterocycles. The summed E-state index contributed by atoms with van der Waals surface area (Å²) in [5.41, 5.74) is -0.135. The number of rotatable bonds is 3. The third-order valence-corrected chi connectivity index (χ3v) is 1.51. The predicted octanol–water partition coefficient (Wildman–Crippen LogP) is 1.70.